The monoisotopic (exact) mass is 394 g/mol. The first kappa shape index (κ1) is 18.1. The Hall–Kier alpha value is -3.23. The van der Waals surface area contributed by atoms with Crippen LogP contribution in [0.25, 0.3) is 11.8 Å². The largest absolute Gasteiger partial charge is 0.295 e. The molecule has 1 aromatic heterocycles. The fourth-order valence-electron chi connectivity index (χ4n) is 3.12. The second kappa shape index (κ2) is 7.41. The summed E-state index contributed by atoms with van der Waals surface area (Å²) in [5.41, 5.74) is 5.23. The minimum atomic E-state index is -3.84. The predicted molar refractivity (Wildman–Crippen MR) is 106 cm³/mol. The third-order valence-electron chi connectivity index (χ3n) is 4.56. The fourth-order valence-corrected chi connectivity index (χ4v) is 4.13. The lowest BCUT2D eigenvalue weighted by molar-refractivity contribution is 0.0938. The number of imidazole rings is 1. The summed E-state index contributed by atoms with van der Waals surface area (Å²) in [5.74, 6) is -0.596. The van der Waals surface area contributed by atoms with E-state index in [0.29, 0.717) is 12.8 Å². The molecule has 0 atom stereocenters. The number of carbonyl (C=O) groups excluding carboxylic acids is 1. The molecule has 8 heteroatoms. The van der Waals surface area contributed by atoms with Gasteiger partial charge in [-0.15, -0.1) is 4.83 Å². The number of hydrazine groups is 1. The van der Waals surface area contributed by atoms with Gasteiger partial charge >= 0.3 is 0 Å². The van der Waals surface area contributed by atoms with E-state index in [4.69, 9.17) is 0 Å². The number of fused-ring (bicyclic) bond motifs is 1. The molecule has 2 aromatic carbocycles. The van der Waals surface area contributed by atoms with Crippen LogP contribution < -0.4 is 10.3 Å². The molecule has 1 amide bonds. The number of para-hydroxylation sites is 1. The van der Waals surface area contributed by atoms with Gasteiger partial charge in [0.2, 0.25) is 0 Å². The number of aryl methyl sites for hydroxylation is 1. The smallest absolute Gasteiger partial charge is 0.284 e. The molecule has 4 rings (SSSR count). The minimum Gasteiger partial charge on any atom is -0.295 e. The number of amides is 1. The van der Waals surface area contributed by atoms with Crippen LogP contribution in [-0.2, 0) is 16.4 Å². The molecule has 1 aliphatic carbocycles. The van der Waals surface area contributed by atoms with Gasteiger partial charge in [0.25, 0.3) is 15.9 Å². The summed E-state index contributed by atoms with van der Waals surface area (Å²) in [7, 11) is -3.84. The van der Waals surface area contributed by atoms with E-state index in [1.54, 1.807) is 10.6 Å². The highest BCUT2D eigenvalue weighted by Gasteiger charge is 2.23. The number of aromatic nitrogens is 2. The maximum atomic E-state index is 12.6. The number of benzene rings is 2. The summed E-state index contributed by atoms with van der Waals surface area (Å²) >= 11 is 0. The SMILES string of the molecule is O=C(NNS(=O)(=O)C1=Cc2ccccc2CC1)c1cncn1-c1ccccc1. The normalized spacial score (nSPS) is 13.5. The Morgan fingerprint density at radius 2 is 1.75 bits per heavy atom. The van der Waals surface area contributed by atoms with Crippen molar-refractivity contribution >= 4 is 22.0 Å². The number of hydrogen-bond donors (Lipinski definition) is 2. The summed E-state index contributed by atoms with van der Waals surface area (Å²) in [6, 6.07) is 16.9. The van der Waals surface area contributed by atoms with Crippen molar-refractivity contribution in [2.75, 3.05) is 0 Å². The van der Waals surface area contributed by atoms with Crippen molar-refractivity contribution in [2.24, 2.45) is 0 Å². The molecule has 0 fully saturated rings. The number of allylic oxidation sites excluding steroid dienone is 1. The topological polar surface area (TPSA) is 93.1 Å². The molecule has 142 valence electrons. The maximum Gasteiger partial charge on any atom is 0.284 e. The molecule has 1 aliphatic rings. The van der Waals surface area contributed by atoms with E-state index in [-0.39, 0.29) is 10.6 Å². The molecular formula is C20H18N4O3S. The Bertz CT molecular complexity index is 1150. The first-order valence-corrected chi connectivity index (χ1v) is 10.2. The molecule has 7 nitrogen and oxygen atoms in total. The average molecular weight is 394 g/mol. The molecule has 0 radical (unpaired) electrons. The van der Waals surface area contributed by atoms with Crippen LogP contribution in [0, 0.1) is 0 Å². The zero-order chi connectivity index (χ0) is 19.6. The summed E-state index contributed by atoms with van der Waals surface area (Å²) in [6.45, 7) is 0. The molecule has 0 unspecified atom stereocenters. The van der Waals surface area contributed by atoms with Crippen molar-refractivity contribution in [3.8, 4) is 5.69 Å². The van der Waals surface area contributed by atoms with E-state index in [0.717, 1.165) is 16.8 Å². The second-order valence-electron chi connectivity index (χ2n) is 6.35. The zero-order valence-corrected chi connectivity index (χ0v) is 15.7. The Labute approximate surface area is 162 Å². The van der Waals surface area contributed by atoms with Crippen molar-refractivity contribution in [3.63, 3.8) is 0 Å². The van der Waals surface area contributed by atoms with Crippen LogP contribution in [0.1, 0.15) is 28.0 Å². The lowest BCUT2D eigenvalue weighted by Crippen LogP contribution is -2.42. The van der Waals surface area contributed by atoms with Gasteiger partial charge in [0.05, 0.1) is 17.4 Å². The Balaban J connectivity index is 1.50. The molecular weight excluding hydrogens is 376 g/mol. The highest BCUT2D eigenvalue weighted by Crippen LogP contribution is 2.26. The highest BCUT2D eigenvalue weighted by molar-refractivity contribution is 7.93. The van der Waals surface area contributed by atoms with Gasteiger partial charge in [0, 0.05) is 5.69 Å². The lowest BCUT2D eigenvalue weighted by Gasteiger charge is -2.17. The summed E-state index contributed by atoms with van der Waals surface area (Å²) < 4.78 is 26.8. The van der Waals surface area contributed by atoms with Gasteiger partial charge in [0.15, 0.2) is 0 Å². The number of sulfonamides is 1. The maximum absolute atomic E-state index is 12.6. The first-order valence-electron chi connectivity index (χ1n) is 8.73. The van der Waals surface area contributed by atoms with Gasteiger partial charge < -0.3 is 0 Å². The average Bonchev–Trinajstić information content (AvgIpc) is 3.22. The van der Waals surface area contributed by atoms with Crippen molar-refractivity contribution in [3.05, 3.63) is 88.8 Å². The standard InChI is InChI=1S/C20H18N4O3S/c25-20(19-13-21-14-24(19)17-8-2-1-3-9-17)22-23-28(26,27)18-11-10-15-6-4-5-7-16(15)12-18/h1-9,12-14,23H,10-11H2,(H,22,25). The van der Waals surface area contributed by atoms with Crippen LogP contribution in [0.3, 0.4) is 0 Å². The van der Waals surface area contributed by atoms with Crippen molar-refractivity contribution < 1.29 is 13.2 Å². The van der Waals surface area contributed by atoms with Crippen molar-refractivity contribution in [1.29, 1.82) is 0 Å². The van der Waals surface area contributed by atoms with Gasteiger partial charge in [0.1, 0.15) is 5.69 Å². The first-order chi connectivity index (χ1) is 13.5. The van der Waals surface area contributed by atoms with Gasteiger partial charge in [-0.25, -0.2) is 13.4 Å². The number of nitrogens with one attached hydrogen (secondary N) is 2. The molecule has 0 aliphatic heterocycles. The van der Waals surface area contributed by atoms with E-state index < -0.39 is 15.9 Å². The second-order valence-corrected chi connectivity index (χ2v) is 8.09. The Kier molecular flexibility index (Phi) is 4.81. The van der Waals surface area contributed by atoms with Gasteiger partial charge in [-0.1, -0.05) is 42.5 Å². The van der Waals surface area contributed by atoms with E-state index in [9.17, 15) is 13.2 Å². The Morgan fingerprint density at radius 1 is 1.00 bits per heavy atom. The third-order valence-corrected chi connectivity index (χ3v) is 5.95. The van der Waals surface area contributed by atoms with Crippen LogP contribution in [0.15, 0.2) is 72.0 Å². The molecule has 0 saturated carbocycles. The highest BCUT2D eigenvalue weighted by atomic mass is 32.2. The van der Waals surface area contributed by atoms with E-state index in [1.165, 1.54) is 12.5 Å². The lowest BCUT2D eigenvalue weighted by atomic mass is 9.98. The van der Waals surface area contributed by atoms with E-state index in [2.05, 4.69) is 15.2 Å². The number of carbonyl (C=O) groups is 1. The van der Waals surface area contributed by atoms with Crippen LogP contribution in [0.5, 0.6) is 0 Å². The van der Waals surface area contributed by atoms with E-state index >= 15 is 0 Å². The number of hydrogen-bond acceptors (Lipinski definition) is 4. The quantitative estimate of drug-likeness (QED) is 0.650. The molecule has 1 heterocycles. The summed E-state index contributed by atoms with van der Waals surface area (Å²) in [6.07, 6.45) is 5.54. The molecule has 3 aromatic rings. The molecule has 0 bridgehead atoms. The van der Waals surface area contributed by atoms with Crippen molar-refractivity contribution in [2.45, 2.75) is 12.8 Å². The molecule has 2 N–H and O–H groups in total. The number of nitrogens with zero attached hydrogens (tertiary/aromatic N) is 2. The zero-order valence-electron chi connectivity index (χ0n) is 14.9. The molecule has 28 heavy (non-hydrogen) atoms. The van der Waals surface area contributed by atoms with Crippen LogP contribution in [0.4, 0.5) is 0 Å². The van der Waals surface area contributed by atoms with Crippen LogP contribution >= 0.6 is 0 Å². The fraction of sp³-hybridized carbons (Fsp3) is 0.100. The van der Waals surface area contributed by atoms with Gasteiger partial charge in [-0.3, -0.25) is 14.8 Å². The van der Waals surface area contributed by atoms with E-state index in [1.807, 2.05) is 54.6 Å². The molecule has 0 spiro atoms. The third kappa shape index (κ3) is 3.60. The summed E-state index contributed by atoms with van der Waals surface area (Å²) in [4.78, 5) is 18.9. The van der Waals surface area contributed by atoms with Gasteiger partial charge in [-0.05, 0) is 42.2 Å². The predicted octanol–water partition coefficient (Wildman–Crippen LogP) is 2.42. The summed E-state index contributed by atoms with van der Waals surface area (Å²) in [5, 5.41) is 0. The Morgan fingerprint density at radius 3 is 2.57 bits per heavy atom. The minimum absolute atomic E-state index is 0.219. The number of rotatable bonds is 5. The van der Waals surface area contributed by atoms with Crippen LogP contribution in [0.2, 0.25) is 0 Å². The van der Waals surface area contributed by atoms with Crippen molar-refractivity contribution in [1.82, 2.24) is 19.8 Å². The van der Waals surface area contributed by atoms with Gasteiger partial charge in [-0.2, -0.15) is 0 Å². The molecule has 0 saturated heterocycles. The van der Waals surface area contributed by atoms with Crippen LogP contribution in [-0.4, -0.2) is 23.9 Å².